The van der Waals surface area contributed by atoms with Crippen LogP contribution >= 0.6 is 0 Å². The fourth-order valence-corrected chi connectivity index (χ4v) is 1.13. The largest absolute Gasteiger partial charge is 0.444 e. The Morgan fingerprint density at radius 1 is 1.50 bits per heavy atom. The van der Waals surface area contributed by atoms with Crippen LogP contribution in [0.3, 0.4) is 0 Å². The first-order valence-corrected chi connectivity index (χ1v) is 5.36. The third kappa shape index (κ3) is 6.22. The van der Waals surface area contributed by atoms with Gasteiger partial charge in [-0.05, 0) is 26.7 Å². The van der Waals surface area contributed by atoms with Crippen LogP contribution in [0.15, 0.2) is 12.7 Å². The molecule has 0 aromatic rings. The highest BCUT2D eigenvalue weighted by Crippen LogP contribution is 2.10. The van der Waals surface area contributed by atoms with Crippen molar-refractivity contribution in [1.82, 2.24) is 5.32 Å². The van der Waals surface area contributed by atoms with Gasteiger partial charge >= 0.3 is 6.09 Å². The number of carbonyl (C=O) groups is 2. The van der Waals surface area contributed by atoms with Crippen molar-refractivity contribution < 1.29 is 14.3 Å². The molecule has 1 N–H and O–H groups in total. The van der Waals surface area contributed by atoms with Crippen molar-refractivity contribution in [3.05, 3.63) is 12.7 Å². The molecule has 0 aromatic heterocycles. The number of amides is 1. The molecule has 2 atom stereocenters. The van der Waals surface area contributed by atoms with Gasteiger partial charge in [0, 0.05) is 12.5 Å². The van der Waals surface area contributed by atoms with Gasteiger partial charge in [-0.2, -0.15) is 0 Å². The summed E-state index contributed by atoms with van der Waals surface area (Å²) in [7, 11) is 0. The molecular formula is C12H21NO3. The van der Waals surface area contributed by atoms with Gasteiger partial charge in [0.25, 0.3) is 0 Å². The third-order valence-electron chi connectivity index (χ3n) is 2.06. The Morgan fingerprint density at radius 2 is 2.06 bits per heavy atom. The molecule has 0 radical (unpaired) electrons. The summed E-state index contributed by atoms with van der Waals surface area (Å²) in [6.07, 6.45) is 2.23. The second-order valence-corrected chi connectivity index (χ2v) is 4.75. The van der Waals surface area contributed by atoms with Gasteiger partial charge < -0.3 is 14.8 Å². The van der Waals surface area contributed by atoms with Crippen LogP contribution in [0.2, 0.25) is 0 Å². The smallest absolute Gasteiger partial charge is 0.407 e. The maximum atomic E-state index is 11.5. The minimum atomic E-state index is -0.534. The lowest BCUT2D eigenvalue weighted by Crippen LogP contribution is -2.42. The molecule has 0 aromatic carbocycles. The average Bonchev–Trinajstić information content (AvgIpc) is 2.13. The van der Waals surface area contributed by atoms with Gasteiger partial charge in [-0.15, -0.1) is 6.58 Å². The molecule has 4 heteroatoms. The van der Waals surface area contributed by atoms with E-state index >= 15 is 0 Å². The number of hydrogen-bond acceptors (Lipinski definition) is 3. The highest BCUT2D eigenvalue weighted by atomic mass is 16.6. The monoisotopic (exact) mass is 227 g/mol. The van der Waals surface area contributed by atoms with Crippen LogP contribution in [0.4, 0.5) is 4.79 Å². The quantitative estimate of drug-likeness (QED) is 0.579. The first-order chi connectivity index (χ1) is 7.30. The van der Waals surface area contributed by atoms with E-state index in [0.717, 1.165) is 6.29 Å². The lowest BCUT2D eigenvalue weighted by atomic mass is 10.00. The molecule has 0 fully saturated rings. The zero-order valence-electron chi connectivity index (χ0n) is 10.4. The van der Waals surface area contributed by atoms with Gasteiger partial charge in [-0.1, -0.05) is 13.0 Å². The topological polar surface area (TPSA) is 55.4 Å². The van der Waals surface area contributed by atoms with Crippen LogP contribution in [0, 0.1) is 5.92 Å². The second-order valence-electron chi connectivity index (χ2n) is 4.75. The summed E-state index contributed by atoms with van der Waals surface area (Å²) in [6, 6.07) is -0.259. The summed E-state index contributed by atoms with van der Waals surface area (Å²) in [5.74, 6) is 0.0257. The number of rotatable bonds is 5. The molecule has 0 saturated carbocycles. The summed E-state index contributed by atoms with van der Waals surface area (Å²) < 4.78 is 5.11. The molecular weight excluding hydrogens is 206 g/mol. The highest BCUT2D eigenvalue weighted by molar-refractivity contribution is 5.69. The number of hydrogen-bond donors (Lipinski definition) is 1. The SMILES string of the molecule is C=CC(C)C(CC=O)NC(=O)OC(C)(C)C. The van der Waals surface area contributed by atoms with Crippen molar-refractivity contribution in [3.8, 4) is 0 Å². The first kappa shape index (κ1) is 14.7. The molecule has 1 amide bonds. The van der Waals surface area contributed by atoms with Crippen molar-refractivity contribution in [1.29, 1.82) is 0 Å². The van der Waals surface area contributed by atoms with Crippen molar-refractivity contribution in [3.63, 3.8) is 0 Å². The molecule has 0 rings (SSSR count). The van der Waals surface area contributed by atoms with E-state index in [1.807, 2.05) is 6.92 Å². The fourth-order valence-electron chi connectivity index (χ4n) is 1.13. The molecule has 0 spiro atoms. The minimum Gasteiger partial charge on any atom is -0.444 e. The first-order valence-electron chi connectivity index (χ1n) is 5.36. The molecule has 92 valence electrons. The standard InChI is InChI=1S/C12H21NO3/c1-6-9(2)10(7-8-14)13-11(15)16-12(3,4)5/h6,8-10H,1,7H2,2-5H3,(H,13,15). The van der Waals surface area contributed by atoms with Gasteiger partial charge in [-0.3, -0.25) is 0 Å². The van der Waals surface area contributed by atoms with E-state index in [2.05, 4.69) is 11.9 Å². The average molecular weight is 227 g/mol. The Balaban J connectivity index is 4.34. The molecule has 0 bridgehead atoms. The van der Waals surface area contributed by atoms with Gasteiger partial charge in [0.1, 0.15) is 11.9 Å². The summed E-state index contributed by atoms with van der Waals surface area (Å²) in [5.41, 5.74) is -0.534. The predicted octanol–water partition coefficient (Wildman–Crippen LogP) is 2.29. The van der Waals surface area contributed by atoms with Gasteiger partial charge in [0.15, 0.2) is 0 Å². The third-order valence-corrected chi connectivity index (χ3v) is 2.06. The molecule has 16 heavy (non-hydrogen) atoms. The molecule has 0 aliphatic heterocycles. The minimum absolute atomic E-state index is 0.0257. The number of alkyl carbamates (subject to hydrolysis) is 1. The summed E-state index contributed by atoms with van der Waals surface area (Å²) in [4.78, 5) is 22.0. The van der Waals surface area contributed by atoms with Crippen molar-refractivity contribution in [2.24, 2.45) is 5.92 Å². The highest BCUT2D eigenvalue weighted by Gasteiger charge is 2.21. The van der Waals surface area contributed by atoms with Crippen LogP contribution in [-0.2, 0) is 9.53 Å². The van der Waals surface area contributed by atoms with Crippen molar-refractivity contribution in [2.75, 3.05) is 0 Å². The molecule has 2 unspecified atom stereocenters. The Bertz CT molecular complexity index is 255. The molecule has 0 aliphatic carbocycles. The van der Waals surface area contributed by atoms with Gasteiger partial charge in [0.05, 0.1) is 0 Å². The van der Waals surface area contributed by atoms with Crippen molar-refractivity contribution in [2.45, 2.75) is 45.8 Å². The van der Waals surface area contributed by atoms with Crippen LogP contribution in [0.1, 0.15) is 34.1 Å². The van der Waals surface area contributed by atoms with Crippen LogP contribution in [-0.4, -0.2) is 24.0 Å². The number of carbonyl (C=O) groups excluding carboxylic acids is 2. The summed E-state index contributed by atoms with van der Waals surface area (Å²) in [6.45, 7) is 10.9. The lowest BCUT2D eigenvalue weighted by Gasteiger charge is -2.24. The van der Waals surface area contributed by atoms with E-state index in [1.165, 1.54) is 0 Å². The van der Waals surface area contributed by atoms with E-state index in [0.29, 0.717) is 0 Å². The van der Waals surface area contributed by atoms with Gasteiger partial charge in [-0.25, -0.2) is 4.79 Å². The number of ether oxygens (including phenoxy) is 1. The van der Waals surface area contributed by atoms with E-state index in [9.17, 15) is 9.59 Å². The second kappa shape index (κ2) is 6.30. The Morgan fingerprint density at radius 3 is 2.44 bits per heavy atom. The normalized spacial score (nSPS) is 14.8. The number of aldehydes is 1. The van der Waals surface area contributed by atoms with E-state index in [-0.39, 0.29) is 18.4 Å². The summed E-state index contributed by atoms with van der Waals surface area (Å²) in [5, 5.41) is 2.66. The Kier molecular flexibility index (Phi) is 5.78. The Labute approximate surface area is 97.1 Å². The molecule has 0 aliphatic rings. The lowest BCUT2D eigenvalue weighted by molar-refractivity contribution is -0.108. The van der Waals surface area contributed by atoms with Crippen LogP contribution in [0.5, 0.6) is 0 Å². The summed E-state index contributed by atoms with van der Waals surface area (Å²) >= 11 is 0. The maximum absolute atomic E-state index is 11.5. The fraction of sp³-hybridized carbons (Fsp3) is 0.667. The van der Waals surface area contributed by atoms with Crippen molar-refractivity contribution >= 4 is 12.4 Å². The molecule has 0 heterocycles. The molecule has 0 saturated heterocycles. The predicted molar refractivity (Wildman–Crippen MR) is 63.2 cm³/mol. The van der Waals surface area contributed by atoms with E-state index in [1.54, 1.807) is 26.8 Å². The van der Waals surface area contributed by atoms with Gasteiger partial charge in [0.2, 0.25) is 0 Å². The molecule has 4 nitrogen and oxygen atoms in total. The van der Waals surface area contributed by atoms with Crippen LogP contribution < -0.4 is 5.32 Å². The number of nitrogens with one attached hydrogen (secondary N) is 1. The van der Waals surface area contributed by atoms with E-state index < -0.39 is 11.7 Å². The van der Waals surface area contributed by atoms with Crippen LogP contribution in [0.25, 0.3) is 0 Å². The Hall–Kier alpha value is -1.32. The van der Waals surface area contributed by atoms with E-state index in [4.69, 9.17) is 4.74 Å². The zero-order chi connectivity index (χ0) is 12.8. The maximum Gasteiger partial charge on any atom is 0.407 e. The zero-order valence-corrected chi connectivity index (χ0v) is 10.4.